The molecular formula is C19H18N2O2. The molecular weight excluding hydrogens is 288 g/mol. The largest absolute Gasteiger partial charge is 0.441 e. The monoisotopic (exact) mass is 306 g/mol. The van der Waals surface area contributed by atoms with Gasteiger partial charge < -0.3 is 9.73 Å². The highest BCUT2D eigenvalue weighted by molar-refractivity contribution is 6.02. The second-order valence-corrected chi connectivity index (χ2v) is 5.60. The van der Waals surface area contributed by atoms with Gasteiger partial charge in [-0.1, -0.05) is 23.8 Å². The number of anilines is 1. The van der Waals surface area contributed by atoms with E-state index in [0.29, 0.717) is 17.2 Å². The summed E-state index contributed by atoms with van der Waals surface area (Å²) in [4.78, 5) is 16.3. The maximum Gasteiger partial charge on any atom is 0.248 e. The highest BCUT2D eigenvalue weighted by Crippen LogP contribution is 2.19. The van der Waals surface area contributed by atoms with Gasteiger partial charge in [-0.2, -0.15) is 0 Å². The second-order valence-electron chi connectivity index (χ2n) is 5.60. The molecule has 0 fully saturated rings. The van der Waals surface area contributed by atoms with Gasteiger partial charge in [-0.25, -0.2) is 4.98 Å². The number of hydrogen-bond donors (Lipinski definition) is 1. The Kier molecular flexibility index (Phi) is 3.98. The number of benzene rings is 2. The lowest BCUT2D eigenvalue weighted by Crippen LogP contribution is -2.07. The third-order valence-electron chi connectivity index (χ3n) is 3.60. The van der Waals surface area contributed by atoms with E-state index in [4.69, 9.17) is 4.42 Å². The van der Waals surface area contributed by atoms with E-state index in [2.05, 4.69) is 23.3 Å². The Morgan fingerprint density at radius 1 is 1.13 bits per heavy atom. The average molecular weight is 306 g/mol. The van der Waals surface area contributed by atoms with E-state index >= 15 is 0 Å². The summed E-state index contributed by atoms with van der Waals surface area (Å²) >= 11 is 0. The van der Waals surface area contributed by atoms with Crippen LogP contribution in [0.5, 0.6) is 0 Å². The van der Waals surface area contributed by atoms with E-state index in [9.17, 15) is 4.79 Å². The van der Waals surface area contributed by atoms with Crippen LogP contribution in [0.3, 0.4) is 0 Å². The first kappa shape index (κ1) is 15.0. The van der Waals surface area contributed by atoms with Crippen molar-refractivity contribution in [3.8, 4) is 0 Å². The van der Waals surface area contributed by atoms with Crippen molar-refractivity contribution in [1.29, 1.82) is 0 Å². The van der Waals surface area contributed by atoms with Crippen LogP contribution in [0.1, 0.15) is 22.6 Å². The van der Waals surface area contributed by atoms with Crippen molar-refractivity contribution >= 4 is 28.8 Å². The summed E-state index contributed by atoms with van der Waals surface area (Å²) in [6.45, 7) is 5.88. The SMILES string of the molecule is Cc1ccc(C=CC(=O)Nc2ccc3oc(C)nc3c2)c(C)c1. The van der Waals surface area contributed by atoms with E-state index in [1.807, 2.05) is 25.1 Å². The van der Waals surface area contributed by atoms with Gasteiger partial charge in [0.15, 0.2) is 11.5 Å². The molecule has 116 valence electrons. The lowest BCUT2D eigenvalue weighted by Gasteiger charge is -2.03. The molecule has 0 unspecified atom stereocenters. The molecule has 0 aliphatic rings. The number of oxazole rings is 1. The molecule has 1 N–H and O–H groups in total. The van der Waals surface area contributed by atoms with E-state index in [0.717, 1.165) is 16.6 Å². The second kappa shape index (κ2) is 6.08. The number of aryl methyl sites for hydroxylation is 3. The standard InChI is InChI=1S/C19H18N2O2/c1-12-4-5-15(13(2)10-12)6-9-19(22)21-16-7-8-18-17(11-16)20-14(3)23-18/h4-11H,1-3H3,(H,21,22). The number of fused-ring (bicyclic) bond motifs is 1. The summed E-state index contributed by atoms with van der Waals surface area (Å²) < 4.78 is 5.42. The van der Waals surface area contributed by atoms with Crippen LogP contribution in [-0.2, 0) is 4.79 Å². The first-order valence-corrected chi connectivity index (χ1v) is 7.45. The molecule has 0 bridgehead atoms. The summed E-state index contributed by atoms with van der Waals surface area (Å²) in [7, 11) is 0. The highest BCUT2D eigenvalue weighted by atomic mass is 16.3. The summed E-state index contributed by atoms with van der Waals surface area (Å²) in [6.07, 6.45) is 3.36. The molecule has 0 saturated heterocycles. The minimum absolute atomic E-state index is 0.176. The Labute approximate surface area is 134 Å². The van der Waals surface area contributed by atoms with Gasteiger partial charge in [0.1, 0.15) is 5.52 Å². The topological polar surface area (TPSA) is 55.1 Å². The fourth-order valence-corrected chi connectivity index (χ4v) is 2.48. The number of nitrogens with one attached hydrogen (secondary N) is 1. The maximum atomic E-state index is 12.1. The molecule has 0 aliphatic heterocycles. The van der Waals surface area contributed by atoms with E-state index in [-0.39, 0.29) is 5.91 Å². The predicted octanol–water partition coefficient (Wildman–Crippen LogP) is 4.40. The molecule has 0 spiro atoms. The maximum absolute atomic E-state index is 12.1. The fourth-order valence-electron chi connectivity index (χ4n) is 2.48. The Hall–Kier alpha value is -2.88. The van der Waals surface area contributed by atoms with E-state index < -0.39 is 0 Å². The Morgan fingerprint density at radius 2 is 1.96 bits per heavy atom. The molecule has 2 aromatic carbocycles. The first-order valence-electron chi connectivity index (χ1n) is 7.45. The lowest BCUT2D eigenvalue weighted by molar-refractivity contribution is -0.111. The van der Waals surface area contributed by atoms with Gasteiger partial charge in [-0.05, 0) is 49.2 Å². The van der Waals surface area contributed by atoms with Crippen LogP contribution >= 0.6 is 0 Å². The lowest BCUT2D eigenvalue weighted by atomic mass is 10.1. The van der Waals surface area contributed by atoms with E-state index in [1.165, 1.54) is 11.6 Å². The molecule has 0 aliphatic carbocycles. The number of hydrogen-bond acceptors (Lipinski definition) is 3. The van der Waals surface area contributed by atoms with Gasteiger partial charge in [-0.3, -0.25) is 4.79 Å². The van der Waals surface area contributed by atoms with Gasteiger partial charge in [0, 0.05) is 18.7 Å². The first-order chi connectivity index (χ1) is 11.0. The summed E-state index contributed by atoms with van der Waals surface area (Å²) in [5.74, 6) is 0.433. The number of carbonyl (C=O) groups excluding carboxylic acids is 1. The zero-order valence-electron chi connectivity index (χ0n) is 13.4. The smallest absolute Gasteiger partial charge is 0.248 e. The molecule has 1 heterocycles. The van der Waals surface area contributed by atoms with Crippen LogP contribution in [0.2, 0.25) is 0 Å². The average Bonchev–Trinajstić information content (AvgIpc) is 2.85. The van der Waals surface area contributed by atoms with Gasteiger partial charge in [0.2, 0.25) is 5.91 Å². The molecule has 3 rings (SSSR count). The van der Waals surface area contributed by atoms with Crippen LogP contribution in [0, 0.1) is 20.8 Å². The third-order valence-corrected chi connectivity index (χ3v) is 3.60. The molecule has 1 amide bonds. The molecule has 4 heteroatoms. The minimum atomic E-state index is -0.176. The Bertz CT molecular complexity index is 907. The van der Waals surface area contributed by atoms with Crippen LogP contribution in [-0.4, -0.2) is 10.9 Å². The molecule has 4 nitrogen and oxygen atoms in total. The zero-order chi connectivity index (χ0) is 16.4. The number of aromatic nitrogens is 1. The predicted molar refractivity (Wildman–Crippen MR) is 92.3 cm³/mol. The summed E-state index contributed by atoms with van der Waals surface area (Å²) in [5.41, 5.74) is 5.54. The molecule has 23 heavy (non-hydrogen) atoms. The van der Waals surface area contributed by atoms with Gasteiger partial charge in [0.25, 0.3) is 0 Å². The minimum Gasteiger partial charge on any atom is -0.441 e. The summed E-state index contributed by atoms with van der Waals surface area (Å²) in [5, 5.41) is 2.84. The molecule has 0 radical (unpaired) electrons. The molecule has 1 aromatic heterocycles. The van der Waals surface area contributed by atoms with Crippen molar-refractivity contribution < 1.29 is 9.21 Å². The number of rotatable bonds is 3. The van der Waals surface area contributed by atoms with Crippen molar-refractivity contribution in [2.75, 3.05) is 5.32 Å². The zero-order valence-corrected chi connectivity index (χ0v) is 13.4. The molecule has 0 saturated carbocycles. The van der Waals surface area contributed by atoms with Crippen LogP contribution in [0.25, 0.3) is 17.2 Å². The molecule has 0 atom stereocenters. The van der Waals surface area contributed by atoms with E-state index in [1.54, 1.807) is 25.1 Å². The molecule has 3 aromatic rings. The van der Waals surface area contributed by atoms with Crippen molar-refractivity contribution in [2.24, 2.45) is 0 Å². The van der Waals surface area contributed by atoms with Crippen molar-refractivity contribution in [2.45, 2.75) is 20.8 Å². The van der Waals surface area contributed by atoms with Gasteiger partial charge in [-0.15, -0.1) is 0 Å². The summed E-state index contributed by atoms with van der Waals surface area (Å²) in [6, 6.07) is 11.5. The highest BCUT2D eigenvalue weighted by Gasteiger charge is 2.05. The normalized spacial score (nSPS) is 11.3. The Morgan fingerprint density at radius 3 is 2.74 bits per heavy atom. The number of carbonyl (C=O) groups is 1. The van der Waals surface area contributed by atoms with Crippen LogP contribution in [0.15, 0.2) is 46.9 Å². The van der Waals surface area contributed by atoms with Crippen LogP contribution in [0.4, 0.5) is 5.69 Å². The van der Waals surface area contributed by atoms with Crippen molar-refractivity contribution in [3.63, 3.8) is 0 Å². The Balaban J connectivity index is 1.73. The van der Waals surface area contributed by atoms with Gasteiger partial charge in [0.05, 0.1) is 0 Å². The van der Waals surface area contributed by atoms with Crippen LogP contribution < -0.4 is 5.32 Å². The van der Waals surface area contributed by atoms with Crippen molar-refractivity contribution in [3.05, 3.63) is 65.1 Å². The quantitative estimate of drug-likeness (QED) is 0.729. The fraction of sp³-hybridized carbons (Fsp3) is 0.158. The van der Waals surface area contributed by atoms with Gasteiger partial charge >= 0.3 is 0 Å². The number of amides is 1. The third kappa shape index (κ3) is 3.48. The van der Waals surface area contributed by atoms with Crippen molar-refractivity contribution in [1.82, 2.24) is 4.98 Å². The number of nitrogens with zero attached hydrogens (tertiary/aromatic N) is 1.